The first kappa shape index (κ1) is 19.7. The van der Waals surface area contributed by atoms with Crippen molar-refractivity contribution in [3.63, 3.8) is 0 Å². The first-order chi connectivity index (χ1) is 14.7. The lowest BCUT2D eigenvalue weighted by Crippen LogP contribution is -2.40. The van der Waals surface area contributed by atoms with E-state index in [1.165, 1.54) is 16.8 Å². The summed E-state index contributed by atoms with van der Waals surface area (Å²) in [4.78, 5) is 4.78. The predicted octanol–water partition coefficient (Wildman–Crippen LogP) is 4.84. The number of halogens is 2. The molecule has 4 nitrogen and oxygen atoms in total. The smallest absolute Gasteiger partial charge is 0.123 e. The third-order valence-electron chi connectivity index (χ3n) is 5.72. The first-order valence-corrected chi connectivity index (χ1v) is 10.9. The van der Waals surface area contributed by atoms with E-state index in [1.54, 1.807) is 0 Å². The van der Waals surface area contributed by atoms with Gasteiger partial charge in [-0.2, -0.15) is 0 Å². The molecule has 1 N–H and O–H groups in total. The van der Waals surface area contributed by atoms with Crippen molar-refractivity contribution in [3.8, 4) is 0 Å². The number of morpholine rings is 1. The van der Waals surface area contributed by atoms with Gasteiger partial charge >= 0.3 is 0 Å². The van der Waals surface area contributed by atoms with Crippen LogP contribution < -0.4 is 5.32 Å². The van der Waals surface area contributed by atoms with Crippen LogP contribution in [-0.4, -0.2) is 48.8 Å². The minimum Gasteiger partial charge on any atom is -0.379 e. The van der Waals surface area contributed by atoms with E-state index >= 15 is 0 Å². The van der Waals surface area contributed by atoms with Crippen LogP contribution in [-0.2, 0) is 4.74 Å². The van der Waals surface area contributed by atoms with Crippen LogP contribution >= 0.6 is 23.2 Å². The molecule has 3 aliphatic heterocycles. The number of fused-ring (bicyclic) bond motifs is 1. The van der Waals surface area contributed by atoms with Crippen LogP contribution in [0.15, 0.2) is 72.6 Å². The Bertz CT molecular complexity index is 1030. The maximum Gasteiger partial charge on any atom is 0.123 e. The number of allylic oxidation sites excluding steroid dienone is 2. The molecule has 0 aliphatic carbocycles. The van der Waals surface area contributed by atoms with Gasteiger partial charge in [0.05, 0.1) is 34.7 Å². The highest BCUT2D eigenvalue weighted by molar-refractivity contribution is 6.42. The second kappa shape index (κ2) is 8.48. The average Bonchev–Trinajstić information content (AvgIpc) is 3.14. The number of hydrogen-bond acceptors (Lipinski definition) is 4. The predicted molar refractivity (Wildman–Crippen MR) is 123 cm³/mol. The molecule has 30 heavy (non-hydrogen) atoms. The summed E-state index contributed by atoms with van der Waals surface area (Å²) in [5.41, 5.74) is 5.79. The fourth-order valence-electron chi connectivity index (χ4n) is 4.12. The Balaban J connectivity index is 1.54. The number of nitrogens with one attached hydrogen (secondary N) is 1. The van der Waals surface area contributed by atoms with Gasteiger partial charge < -0.3 is 15.0 Å². The van der Waals surface area contributed by atoms with Crippen LogP contribution in [0.5, 0.6) is 0 Å². The SMILES string of the molecule is Clc1ccc(C2=C(CN3CCOCC3)N3C=C(c4ccccc4)C=CC3N2)cc1Cl. The van der Waals surface area contributed by atoms with Crippen molar-refractivity contribution in [1.82, 2.24) is 15.1 Å². The lowest BCUT2D eigenvalue weighted by molar-refractivity contribution is 0.0401. The fraction of sp³-hybridized carbons (Fsp3) is 0.250. The van der Waals surface area contributed by atoms with Crippen LogP contribution in [0.3, 0.4) is 0 Å². The van der Waals surface area contributed by atoms with E-state index in [0.29, 0.717) is 10.0 Å². The van der Waals surface area contributed by atoms with E-state index in [-0.39, 0.29) is 6.17 Å². The van der Waals surface area contributed by atoms with Crippen molar-refractivity contribution in [1.29, 1.82) is 0 Å². The van der Waals surface area contributed by atoms with Crippen molar-refractivity contribution < 1.29 is 4.74 Å². The lowest BCUT2D eigenvalue weighted by Gasteiger charge is -2.32. The molecule has 1 atom stereocenters. The quantitative estimate of drug-likeness (QED) is 0.737. The second-order valence-corrected chi connectivity index (χ2v) is 8.46. The van der Waals surface area contributed by atoms with Gasteiger partial charge in [0.15, 0.2) is 0 Å². The molecule has 0 aromatic heterocycles. The van der Waals surface area contributed by atoms with Crippen molar-refractivity contribution in [2.45, 2.75) is 6.17 Å². The Hall–Kier alpha value is -2.24. The number of benzene rings is 2. The van der Waals surface area contributed by atoms with Crippen molar-refractivity contribution >= 4 is 34.5 Å². The Morgan fingerprint density at radius 2 is 1.77 bits per heavy atom. The monoisotopic (exact) mass is 439 g/mol. The van der Waals surface area contributed by atoms with Crippen LogP contribution in [0.2, 0.25) is 10.0 Å². The van der Waals surface area contributed by atoms with E-state index in [1.807, 2.05) is 24.3 Å². The zero-order valence-corrected chi connectivity index (χ0v) is 18.0. The number of rotatable bonds is 4. The molecule has 1 fully saturated rings. The van der Waals surface area contributed by atoms with Crippen LogP contribution in [0, 0.1) is 0 Å². The van der Waals surface area contributed by atoms with Gasteiger partial charge in [-0.3, -0.25) is 4.90 Å². The molecule has 1 saturated heterocycles. The summed E-state index contributed by atoms with van der Waals surface area (Å²) >= 11 is 12.5. The summed E-state index contributed by atoms with van der Waals surface area (Å²) in [6.45, 7) is 4.26. The van der Waals surface area contributed by atoms with Gasteiger partial charge in [0, 0.05) is 31.4 Å². The molecule has 0 amide bonds. The molecule has 2 aromatic rings. The van der Waals surface area contributed by atoms with Gasteiger partial charge in [-0.25, -0.2) is 0 Å². The van der Waals surface area contributed by atoms with Crippen LogP contribution in [0.25, 0.3) is 11.3 Å². The molecule has 0 saturated carbocycles. The topological polar surface area (TPSA) is 27.7 Å². The normalized spacial score (nSPS) is 21.5. The minimum absolute atomic E-state index is 0.0814. The van der Waals surface area contributed by atoms with Crippen molar-refractivity contribution in [2.24, 2.45) is 0 Å². The summed E-state index contributed by atoms with van der Waals surface area (Å²) in [7, 11) is 0. The fourth-order valence-corrected chi connectivity index (χ4v) is 4.42. The van der Waals surface area contributed by atoms with Gasteiger partial charge in [0.2, 0.25) is 0 Å². The number of nitrogens with zero attached hydrogens (tertiary/aromatic N) is 2. The Kier molecular flexibility index (Phi) is 5.57. The molecule has 1 unspecified atom stereocenters. The number of hydrogen-bond donors (Lipinski definition) is 1. The molecule has 154 valence electrons. The van der Waals surface area contributed by atoms with E-state index in [4.69, 9.17) is 27.9 Å². The molecule has 3 aliphatic rings. The zero-order valence-electron chi connectivity index (χ0n) is 16.5. The standard InChI is InChI=1S/C24H23Cl2N3O/c25-20-8-6-18(14-21(20)26)24-22(16-28-10-12-30-13-11-28)29-15-19(7-9-23(29)27-24)17-4-2-1-3-5-17/h1-9,14-15,23,27H,10-13,16H2. The van der Waals surface area contributed by atoms with E-state index in [0.717, 1.165) is 44.1 Å². The molecule has 5 rings (SSSR count). The van der Waals surface area contributed by atoms with Gasteiger partial charge in [-0.1, -0.05) is 65.7 Å². The van der Waals surface area contributed by atoms with Crippen molar-refractivity contribution in [2.75, 3.05) is 32.8 Å². The first-order valence-electron chi connectivity index (χ1n) is 10.2. The van der Waals surface area contributed by atoms with Gasteiger partial charge in [0.1, 0.15) is 6.17 Å². The summed E-state index contributed by atoms with van der Waals surface area (Å²) in [5, 5.41) is 4.81. The van der Waals surface area contributed by atoms with Gasteiger partial charge in [-0.15, -0.1) is 0 Å². The lowest BCUT2D eigenvalue weighted by atomic mass is 10.0. The molecular formula is C24H23Cl2N3O. The molecule has 3 heterocycles. The maximum atomic E-state index is 6.34. The van der Waals surface area contributed by atoms with Gasteiger partial charge in [-0.05, 0) is 29.3 Å². The van der Waals surface area contributed by atoms with Crippen LogP contribution in [0.4, 0.5) is 0 Å². The summed E-state index contributed by atoms with van der Waals surface area (Å²) in [6, 6.07) is 16.3. The number of ether oxygens (including phenoxy) is 1. The van der Waals surface area contributed by atoms with Crippen molar-refractivity contribution in [3.05, 3.63) is 93.8 Å². The summed E-state index contributed by atoms with van der Waals surface area (Å²) in [5.74, 6) is 0. The largest absolute Gasteiger partial charge is 0.379 e. The van der Waals surface area contributed by atoms with E-state index in [2.05, 4.69) is 57.7 Å². The Morgan fingerprint density at radius 3 is 2.53 bits per heavy atom. The zero-order chi connectivity index (χ0) is 20.5. The Morgan fingerprint density at radius 1 is 0.967 bits per heavy atom. The molecular weight excluding hydrogens is 417 g/mol. The van der Waals surface area contributed by atoms with Crippen LogP contribution in [0.1, 0.15) is 11.1 Å². The molecule has 0 radical (unpaired) electrons. The molecule has 0 spiro atoms. The second-order valence-electron chi connectivity index (χ2n) is 7.65. The minimum atomic E-state index is 0.0814. The molecule has 2 aromatic carbocycles. The highest BCUT2D eigenvalue weighted by Gasteiger charge is 2.32. The van der Waals surface area contributed by atoms with Gasteiger partial charge in [0.25, 0.3) is 0 Å². The Labute approximate surface area is 187 Å². The van der Waals surface area contributed by atoms with E-state index in [9.17, 15) is 0 Å². The molecule has 0 bridgehead atoms. The summed E-state index contributed by atoms with van der Waals surface area (Å²) < 4.78 is 5.54. The molecule has 6 heteroatoms. The highest BCUT2D eigenvalue weighted by Crippen LogP contribution is 2.35. The third-order valence-corrected chi connectivity index (χ3v) is 6.46. The average molecular weight is 440 g/mol. The third kappa shape index (κ3) is 3.88. The summed E-state index contributed by atoms with van der Waals surface area (Å²) in [6.07, 6.45) is 6.73. The van der Waals surface area contributed by atoms with E-state index < -0.39 is 0 Å². The highest BCUT2D eigenvalue weighted by atomic mass is 35.5. The maximum absolute atomic E-state index is 6.34.